The molecule has 0 saturated heterocycles. The number of carbonyl (C=O) groups is 2. The van der Waals surface area contributed by atoms with E-state index < -0.39 is 5.97 Å². The standard InChI is InChI=1S/C19H29NO6/c1-6-7-13(2)20-17(21)12-26-18(22)9-8-14-10-15(23-3)19(25-5)16(11-14)24-4/h10-11,13H,6-9,12H2,1-5H3,(H,20,21). The van der Waals surface area contributed by atoms with Crippen molar-refractivity contribution in [3.8, 4) is 17.2 Å². The molecule has 0 heterocycles. The van der Waals surface area contributed by atoms with Gasteiger partial charge in [-0.1, -0.05) is 13.3 Å². The summed E-state index contributed by atoms with van der Waals surface area (Å²) in [7, 11) is 4.60. The molecule has 0 bridgehead atoms. The Balaban J connectivity index is 2.53. The number of benzene rings is 1. The van der Waals surface area contributed by atoms with Crippen LogP contribution < -0.4 is 19.5 Å². The maximum atomic E-state index is 11.9. The maximum Gasteiger partial charge on any atom is 0.306 e. The molecule has 0 spiro atoms. The van der Waals surface area contributed by atoms with Gasteiger partial charge in [0.05, 0.1) is 21.3 Å². The molecular weight excluding hydrogens is 338 g/mol. The highest BCUT2D eigenvalue weighted by Gasteiger charge is 2.15. The second-order valence-corrected chi connectivity index (χ2v) is 5.95. The van der Waals surface area contributed by atoms with Gasteiger partial charge in [-0.15, -0.1) is 0 Å². The molecule has 0 aliphatic carbocycles. The second-order valence-electron chi connectivity index (χ2n) is 5.95. The van der Waals surface area contributed by atoms with Crippen LogP contribution in [0.25, 0.3) is 0 Å². The quantitative estimate of drug-likeness (QED) is 0.605. The molecule has 0 fully saturated rings. The third kappa shape index (κ3) is 6.82. The minimum Gasteiger partial charge on any atom is -0.493 e. The van der Waals surface area contributed by atoms with Gasteiger partial charge < -0.3 is 24.3 Å². The third-order valence-corrected chi connectivity index (χ3v) is 3.84. The van der Waals surface area contributed by atoms with Crippen molar-refractivity contribution in [2.75, 3.05) is 27.9 Å². The van der Waals surface area contributed by atoms with Gasteiger partial charge in [0.1, 0.15) is 0 Å². The zero-order valence-corrected chi connectivity index (χ0v) is 16.2. The fourth-order valence-electron chi connectivity index (χ4n) is 2.57. The predicted molar refractivity (Wildman–Crippen MR) is 97.9 cm³/mol. The van der Waals surface area contributed by atoms with Crippen LogP contribution in [0, 0.1) is 0 Å². The molecule has 26 heavy (non-hydrogen) atoms. The maximum absolute atomic E-state index is 11.9. The van der Waals surface area contributed by atoms with Crippen molar-refractivity contribution in [2.45, 2.75) is 45.6 Å². The molecule has 1 unspecified atom stereocenters. The number of hydrogen-bond donors (Lipinski definition) is 1. The van der Waals surface area contributed by atoms with Gasteiger partial charge in [-0.05, 0) is 37.5 Å². The summed E-state index contributed by atoms with van der Waals surface area (Å²) in [6.45, 7) is 3.71. The van der Waals surface area contributed by atoms with Crippen LogP contribution in [0.5, 0.6) is 17.2 Å². The van der Waals surface area contributed by atoms with Crippen LogP contribution >= 0.6 is 0 Å². The molecule has 0 radical (unpaired) electrons. The van der Waals surface area contributed by atoms with E-state index in [1.807, 2.05) is 13.8 Å². The lowest BCUT2D eigenvalue weighted by Gasteiger charge is -2.14. The van der Waals surface area contributed by atoms with Gasteiger partial charge in [0, 0.05) is 12.5 Å². The molecule has 1 aromatic rings. The topological polar surface area (TPSA) is 83.1 Å². The fourth-order valence-corrected chi connectivity index (χ4v) is 2.57. The van der Waals surface area contributed by atoms with E-state index in [1.54, 1.807) is 12.1 Å². The first kappa shape index (κ1) is 21.6. The van der Waals surface area contributed by atoms with Gasteiger partial charge in [0.15, 0.2) is 18.1 Å². The van der Waals surface area contributed by atoms with Crippen molar-refractivity contribution < 1.29 is 28.5 Å². The normalized spacial score (nSPS) is 11.4. The highest BCUT2D eigenvalue weighted by Crippen LogP contribution is 2.38. The lowest BCUT2D eigenvalue weighted by molar-refractivity contribution is -0.148. The Morgan fingerprint density at radius 1 is 1.08 bits per heavy atom. The molecule has 1 amide bonds. The van der Waals surface area contributed by atoms with Crippen molar-refractivity contribution in [3.05, 3.63) is 17.7 Å². The van der Waals surface area contributed by atoms with Gasteiger partial charge in [-0.25, -0.2) is 0 Å². The number of ether oxygens (including phenoxy) is 4. The molecule has 1 rings (SSSR count). The molecule has 146 valence electrons. The van der Waals surface area contributed by atoms with E-state index in [0.717, 1.165) is 18.4 Å². The minimum atomic E-state index is -0.433. The highest BCUT2D eigenvalue weighted by atomic mass is 16.5. The molecule has 0 aliphatic heterocycles. The molecule has 7 nitrogen and oxygen atoms in total. The molecule has 0 saturated carbocycles. The monoisotopic (exact) mass is 367 g/mol. The van der Waals surface area contributed by atoms with E-state index in [-0.39, 0.29) is 25.0 Å². The predicted octanol–water partition coefficient (Wildman–Crippen LogP) is 2.49. The SMILES string of the molecule is CCCC(C)NC(=O)COC(=O)CCc1cc(OC)c(OC)c(OC)c1. The van der Waals surface area contributed by atoms with Crippen LogP contribution in [0.2, 0.25) is 0 Å². The van der Waals surface area contributed by atoms with Crippen LogP contribution in [0.3, 0.4) is 0 Å². The summed E-state index contributed by atoms with van der Waals surface area (Å²) in [6.07, 6.45) is 2.46. The van der Waals surface area contributed by atoms with Crippen molar-refractivity contribution in [2.24, 2.45) is 0 Å². The number of amides is 1. The zero-order chi connectivity index (χ0) is 19.5. The van der Waals surface area contributed by atoms with Gasteiger partial charge in [-0.3, -0.25) is 9.59 Å². The number of carbonyl (C=O) groups excluding carboxylic acids is 2. The lowest BCUT2D eigenvalue weighted by atomic mass is 10.1. The largest absolute Gasteiger partial charge is 0.493 e. The van der Waals surface area contributed by atoms with Crippen LogP contribution in [0.4, 0.5) is 0 Å². The summed E-state index contributed by atoms with van der Waals surface area (Å²) in [5.74, 6) is 0.836. The molecule has 7 heteroatoms. The average molecular weight is 367 g/mol. The number of aryl methyl sites for hydroxylation is 1. The molecule has 1 aromatic carbocycles. The fraction of sp³-hybridized carbons (Fsp3) is 0.579. The van der Waals surface area contributed by atoms with Gasteiger partial charge >= 0.3 is 5.97 Å². The second kappa shape index (κ2) is 11.2. The lowest BCUT2D eigenvalue weighted by Crippen LogP contribution is -2.35. The zero-order valence-electron chi connectivity index (χ0n) is 16.2. The number of nitrogens with one attached hydrogen (secondary N) is 1. The van der Waals surface area contributed by atoms with Crippen molar-refractivity contribution in [1.82, 2.24) is 5.32 Å². The summed E-state index contributed by atoms with van der Waals surface area (Å²) in [5.41, 5.74) is 0.845. The Labute approximate surface area is 155 Å². The van der Waals surface area contributed by atoms with E-state index in [4.69, 9.17) is 18.9 Å². The van der Waals surface area contributed by atoms with Crippen LogP contribution in [-0.2, 0) is 20.7 Å². The number of hydrogen-bond acceptors (Lipinski definition) is 6. The van der Waals surface area contributed by atoms with Gasteiger partial charge in [0.2, 0.25) is 5.75 Å². The van der Waals surface area contributed by atoms with E-state index >= 15 is 0 Å². The summed E-state index contributed by atoms with van der Waals surface area (Å²) < 4.78 is 20.9. The van der Waals surface area contributed by atoms with Crippen molar-refractivity contribution in [1.29, 1.82) is 0 Å². The first-order valence-corrected chi connectivity index (χ1v) is 8.68. The number of esters is 1. The Morgan fingerprint density at radius 3 is 2.19 bits per heavy atom. The van der Waals surface area contributed by atoms with E-state index in [0.29, 0.717) is 23.7 Å². The average Bonchev–Trinajstić information content (AvgIpc) is 2.63. The van der Waals surface area contributed by atoms with Gasteiger partial charge in [-0.2, -0.15) is 0 Å². The molecule has 1 atom stereocenters. The Kier molecular flexibility index (Phi) is 9.33. The van der Waals surface area contributed by atoms with Gasteiger partial charge in [0.25, 0.3) is 5.91 Å². The van der Waals surface area contributed by atoms with E-state index in [9.17, 15) is 9.59 Å². The van der Waals surface area contributed by atoms with Crippen molar-refractivity contribution >= 4 is 11.9 Å². The third-order valence-electron chi connectivity index (χ3n) is 3.84. The van der Waals surface area contributed by atoms with Crippen LogP contribution in [-0.4, -0.2) is 45.9 Å². The Bertz CT molecular complexity index is 577. The highest BCUT2D eigenvalue weighted by molar-refractivity contribution is 5.80. The van der Waals surface area contributed by atoms with Crippen LogP contribution in [0.15, 0.2) is 12.1 Å². The first-order chi connectivity index (χ1) is 12.4. The van der Waals surface area contributed by atoms with E-state index in [1.165, 1.54) is 21.3 Å². The number of methoxy groups -OCH3 is 3. The molecule has 0 aromatic heterocycles. The summed E-state index contributed by atoms with van der Waals surface area (Å²) in [5, 5.41) is 2.79. The first-order valence-electron chi connectivity index (χ1n) is 8.68. The minimum absolute atomic E-state index is 0.0745. The Morgan fingerprint density at radius 2 is 1.69 bits per heavy atom. The molecule has 1 N–H and O–H groups in total. The number of rotatable bonds is 11. The summed E-state index contributed by atoms with van der Waals surface area (Å²) in [6, 6.07) is 3.65. The molecular formula is C19H29NO6. The molecule has 0 aliphatic rings. The van der Waals surface area contributed by atoms with Crippen molar-refractivity contribution in [3.63, 3.8) is 0 Å². The van der Waals surface area contributed by atoms with Crippen LogP contribution in [0.1, 0.15) is 38.7 Å². The summed E-state index contributed by atoms with van der Waals surface area (Å²) >= 11 is 0. The smallest absolute Gasteiger partial charge is 0.306 e. The van der Waals surface area contributed by atoms with E-state index in [2.05, 4.69) is 5.32 Å². The summed E-state index contributed by atoms with van der Waals surface area (Å²) in [4.78, 5) is 23.6. The Hall–Kier alpha value is -2.44.